The van der Waals surface area contributed by atoms with E-state index in [4.69, 9.17) is 0 Å². The molecule has 1 aromatic carbocycles. The van der Waals surface area contributed by atoms with E-state index in [0.29, 0.717) is 5.95 Å². The van der Waals surface area contributed by atoms with E-state index in [0.717, 1.165) is 16.6 Å². The van der Waals surface area contributed by atoms with Crippen LogP contribution in [0.4, 0.5) is 5.95 Å². The predicted molar refractivity (Wildman–Crippen MR) is 70.5 cm³/mol. The van der Waals surface area contributed by atoms with Gasteiger partial charge in [-0.15, -0.1) is 0 Å². The zero-order chi connectivity index (χ0) is 13.1. The summed E-state index contributed by atoms with van der Waals surface area (Å²) in [5.41, 5.74) is 2.71. The fourth-order valence-electron chi connectivity index (χ4n) is 1.81. The molecule has 6 heteroatoms. The lowest BCUT2D eigenvalue weighted by Gasteiger charge is -2.03. The monoisotopic (exact) mass is 253 g/mol. The minimum absolute atomic E-state index is 0.148. The Hall–Kier alpha value is -2.76. The number of benzene rings is 1. The number of anilines is 1. The van der Waals surface area contributed by atoms with Crippen molar-refractivity contribution in [2.45, 2.75) is 6.42 Å². The van der Waals surface area contributed by atoms with Gasteiger partial charge in [-0.2, -0.15) is 0 Å². The highest BCUT2D eigenvalue weighted by atomic mass is 16.1. The first kappa shape index (κ1) is 11.3. The molecule has 2 aromatic heterocycles. The van der Waals surface area contributed by atoms with Crippen molar-refractivity contribution >= 4 is 22.9 Å². The van der Waals surface area contributed by atoms with Crippen molar-refractivity contribution in [2.75, 3.05) is 5.32 Å². The molecule has 6 nitrogen and oxygen atoms in total. The minimum atomic E-state index is -0.148. The van der Waals surface area contributed by atoms with Gasteiger partial charge >= 0.3 is 0 Å². The Morgan fingerprint density at radius 3 is 2.89 bits per heavy atom. The second-order valence-electron chi connectivity index (χ2n) is 4.05. The average molecular weight is 253 g/mol. The molecule has 3 rings (SSSR count). The molecule has 3 aromatic rings. The van der Waals surface area contributed by atoms with E-state index in [-0.39, 0.29) is 12.3 Å². The third-order valence-electron chi connectivity index (χ3n) is 2.67. The number of H-pyrrole nitrogens is 1. The van der Waals surface area contributed by atoms with Gasteiger partial charge in [0.05, 0.1) is 23.8 Å². The fraction of sp³-hybridized carbons (Fsp3) is 0.0769. The summed E-state index contributed by atoms with van der Waals surface area (Å²) in [5, 5.41) is 2.65. The third kappa shape index (κ3) is 2.57. The van der Waals surface area contributed by atoms with Crippen LogP contribution in [0.2, 0.25) is 0 Å². The molecule has 0 radical (unpaired) electrons. The summed E-state index contributed by atoms with van der Waals surface area (Å²) < 4.78 is 0. The highest BCUT2D eigenvalue weighted by Crippen LogP contribution is 2.12. The van der Waals surface area contributed by atoms with Gasteiger partial charge in [0.15, 0.2) is 0 Å². The highest BCUT2D eigenvalue weighted by Gasteiger charge is 2.06. The lowest BCUT2D eigenvalue weighted by molar-refractivity contribution is -0.115. The van der Waals surface area contributed by atoms with Crippen LogP contribution in [-0.4, -0.2) is 25.8 Å². The van der Waals surface area contributed by atoms with Gasteiger partial charge in [-0.25, -0.2) is 15.0 Å². The number of rotatable bonds is 3. The van der Waals surface area contributed by atoms with Crippen molar-refractivity contribution in [3.63, 3.8) is 0 Å². The van der Waals surface area contributed by atoms with Gasteiger partial charge in [0.25, 0.3) is 0 Å². The Kier molecular flexibility index (Phi) is 2.89. The van der Waals surface area contributed by atoms with Gasteiger partial charge in [-0.3, -0.25) is 10.1 Å². The van der Waals surface area contributed by atoms with Crippen molar-refractivity contribution in [3.05, 3.63) is 48.5 Å². The number of amides is 1. The number of nitrogens with zero attached hydrogens (tertiary/aromatic N) is 3. The van der Waals surface area contributed by atoms with E-state index in [1.165, 1.54) is 0 Å². The van der Waals surface area contributed by atoms with Gasteiger partial charge in [0.1, 0.15) is 0 Å². The summed E-state index contributed by atoms with van der Waals surface area (Å²) in [7, 11) is 0. The number of nitrogens with one attached hydrogen (secondary N) is 2. The number of hydrogen-bond acceptors (Lipinski definition) is 4. The second kappa shape index (κ2) is 4.85. The van der Waals surface area contributed by atoms with Crippen molar-refractivity contribution in [3.8, 4) is 0 Å². The van der Waals surface area contributed by atoms with Crippen LogP contribution >= 0.6 is 0 Å². The molecule has 1 amide bonds. The van der Waals surface area contributed by atoms with E-state index < -0.39 is 0 Å². The van der Waals surface area contributed by atoms with E-state index >= 15 is 0 Å². The molecular formula is C13H11N5O. The fourth-order valence-corrected chi connectivity index (χ4v) is 1.81. The van der Waals surface area contributed by atoms with Crippen LogP contribution in [0.15, 0.2) is 43.0 Å². The van der Waals surface area contributed by atoms with Crippen LogP contribution in [-0.2, 0) is 11.2 Å². The first-order valence-corrected chi connectivity index (χ1v) is 5.80. The molecule has 0 aliphatic carbocycles. The van der Waals surface area contributed by atoms with Crippen LogP contribution in [0, 0.1) is 0 Å². The quantitative estimate of drug-likeness (QED) is 0.741. The smallest absolute Gasteiger partial charge is 0.231 e. The number of hydrogen-bond donors (Lipinski definition) is 2. The molecule has 0 atom stereocenters. The summed E-state index contributed by atoms with van der Waals surface area (Å²) in [4.78, 5) is 26.9. The molecule has 0 bridgehead atoms. The molecule has 0 spiro atoms. The van der Waals surface area contributed by atoms with Crippen molar-refractivity contribution in [1.29, 1.82) is 0 Å². The topological polar surface area (TPSA) is 83.6 Å². The number of aromatic amines is 1. The maximum absolute atomic E-state index is 11.8. The first-order chi connectivity index (χ1) is 9.31. The summed E-state index contributed by atoms with van der Waals surface area (Å²) in [6.45, 7) is 0. The molecule has 94 valence electrons. The Morgan fingerprint density at radius 2 is 2.05 bits per heavy atom. The largest absolute Gasteiger partial charge is 0.345 e. The van der Waals surface area contributed by atoms with Gasteiger partial charge in [-0.05, 0) is 23.8 Å². The Morgan fingerprint density at radius 1 is 1.21 bits per heavy atom. The Bertz CT molecular complexity index is 707. The average Bonchev–Trinajstić information content (AvgIpc) is 2.87. The predicted octanol–water partition coefficient (Wildman–Crippen LogP) is 1.53. The van der Waals surface area contributed by atoms with Crippen LogP contribution in [0.25, 0.3) is 11.0 Å². The van der Waals surface area contributed by atoms with Crippen molar-refractivity contribution < 1.29 is 4.79 Å². The molecule has 0 fully saturated rings. The molecule has 0 aliphatic rings. The summed E-state index contributed by atoms with van der Waals surface area (Å²) >= 11 is 0. The van der Waals surface area contributed by atoms with Gasteiger partial charge < -0.3 is 4.98 Å². The highest BCUT2D eigenvalue weighted by molar-refractivity contribution is 5.91. The van der Waals surface area contributed by atoms with Crippen molar-refractivity contribution in [1.82, 2.24) is 19.9 Å². The molecule has 19 heavy (non-hydrogen) atoms. The summed E-state index contributed by atoms with van der Waals surface area (Å²) in [5.74, 6) is 0.167. The van der Waals surface area contributed by atoms with Crippen molar-refractivity contribution in [2.24, 2.45) is 0 Å². The lowest BCUT2D eigenvalue weighted by Crippen LogP contribution is -2.16. The molecule has 0 saturated carbocycles. The summed E-state index contributed by atoms with van der Waals surface area (Å²) in [6, 6.07) is 7.37. The number of carbonyl (C=O) groups is 1. The zero-order valence-electron chi connectivity index (χ0n) is 10.00. The molecule has 0 aliphatic heterocycles. The Labute approximate surface area is 108 Å². The molecular weight excluding hydrogens is 242 g/mol. The minimum Gasteiger partial charge on any atom is -0.345 e. The Balaban J connectivity index is 1.72. The number of aromatic nitrogens is 4. The zero-order valence-corrected chi connectivity index (χ0v) is 10.00. The van der Waals surface area contributed by atoms with Crippen LogP contribution < -0.4 is 5.32 Å². The standard InChI is InChI=1S/C13H11N5O/c19-12(18-13-14-4-1-5-15-13)7-9-2-3-10-11(6-9)17-8-16-10/h1-6,8H,7H2,(H,16,17)(H,14,15,18,19). The summed E-state index contributed by atoms with van der Waals surface area (Å²) in [6.07, 6.45) is 5.07. The van der Waals surface area contributed by atoms with Crippen LogP contribution in [0.1, 0.15) is 5.56 Å². The molecule has 0 saturated heterocycles. The molecule has 0 unspecified atom stereocenters. The van der Waals surface area contributed by atoms with Crippen LogP contribution in [0.3, 0.4) is 0 Å². The van der Waals surface area contributed by atoms with Gasteiger partial charge in [0, 0.05) is 12.4 Å². The molecule has 2 N–H and O–H groups in total. The SMILES string of the molecule is O=C(Cc1ccc2nc[nH]c2c1)Nc1ncccn1. The van der Waals surface area contributed by atoms with Gasteiger partial charge in [-0.1, -0.05) is 6.07 Å². The van der Waals surface area contributed by atoms with E-state index in [9.17, 15) is 4.79 Å². The number of carbonyl (C=O) groups excluding carboxylic acids is 1. The normalized spacial score (nSPS) is 10.5. The first-order valence-electron chi connectivity index (χ1n) is 5.80. The van der Waals surface area contributed by atoms with Gasteiger partial charge in [0.2, 0.25) is 11.9 Å². The number of fused-ring (bicyclic) bond motifs is 1. The van der Waals surface area contributed by atoms with E-state index in [1.807, 2.05) is 18.2 Å². The van der Waals surface area contributed by atoms with Crippen LogP contribution in [0.5, 0.6) is 0 Å². The van der Waals surface area contributed by atoms with E-state index in [2.05, 4.69) is 25.3 Å². The lowest BCUT2D eigenvalue weighted by atomic mass is 10.1. The van der Waals surface area contributed by atoms with E-state index in [1.54, 1.807) is 24.8 Å². The molecule has 2 heterocycles. The maximum atomic E-state index is 11.8. The maximum Gasteiger partial charge on any atom is 0.231 e. The number of imidazole rings is 1. The second-order valence-corrected chi connectivity index (χ2v) is 4.05. The third-order valence-corrected chi connectivity index (χ3v) is 2.67.